The molecule has 2 atom stereocenters. The van der Waals surface area contributed by atoms with Crippen LogP contribution in [0.1, 0.15) is 18.4 Å². The fraction of sp³-hybridized carbons (Fsp3) is 0.409. The normalized spacial score (nSPS) is 22.3. The molecule has 0 radical (unpaired) electrons. The minimum absolute atomic E-state index is 0.250. The van der Waals surface area contributed by atoms with E-state index in [2.05, 4.69) is 10.8 Å². The first-order valence-electron chi connectivity index (χ1n) is 10.1. The van der Waals surface area contributed by atoms with Crippen molar-refractivity contribution >= 4 is 16.1 Å². The number of fused-ring (bicyclic) bond motifs is 5. The Morgan fingerprint density at radius 1 is 1.07 bits per heavy atom. The van der Waals surface area contributed by atoms with Gasteiger partial charge in [-0.1, -0.05) is 42.5 Å². The molecule has 30 heavy (non-hydrogen) atoms. The maximum Gasteiger partial charge on any atom is 0.410 e. The van der Waals surface area contributed by atoms with Crippen molar-refractivity contribution in [1.29, 1.82) is 0 Å². The zero-order valence-corrected chi connectivity index (χ0v) is 17.7. The van der Waals surface area contributed by atoms with Crippen molar-refractivity contribution in [3.05, 3.63) is 54.1 Å². The quantitative estimate of drug-likeness (QED) is 0.792. The van der Waals surface area contributed by atoms with Crippen molar-refractivity contribution < 1.29 is 22.7 Å². The minimum Gasteiger partial charge on any atom is -0.493 e. The third-order valence-corrected chi connectivity index (χ3v) is 6.22. The van der Waals surface area contributed by atoms with Gasteiger partial charge in [-0.25, -0.2) is 17.9 Å². The second-order valence-electron chi connectivity index (χ2n) is 7.76. The Hall–Kier alpha value is -2.58. The van der Waals surface area contributed by atoms with Crippen LogP contribution >= 0.6 is 0 Å². The van der Waals surface area contributed by atoms with Crippen LogP contribution in [0.15, 0.2) is 48.5 Å². The molecule has 1 N–H and O–H groups in total. The van der Waals surface area contributed by atoms with Crippen molar-refractivity contribution in [3.8, 4) is 16.9 Å². The van der Waals surface area contributed by atoms with E-state index in [1.54, 1.807) is 4.90 Å². The summed E-state index contributed by atoms with van der Waals surface area (Å²) in [6, 6.07) is 15.3. The molecule has 2 aliphatic heterocycles. The summed E-state index contributed by atoms with van der Waals surface area (Å²) in [5.41, 5.74) is 3.05. The number of benzene rings is 2. The maximum atomic E-state index is 12.7. The van der Waals surface area contributed by atoms with Crippen LogP contribution in [0, 0.1) is 0 Å². The lowest BCUT2D eigenvalue weighted by molar-refractivity contribution is 0.0913. The van der Waals surface area contributed by atoms with Gasteiger partial charge < -0.3 is 14.4 Å². The molecule has 0 aliphatic carbocycles. The Bertz CT molecular complexity index is 1020. The van der Waals surface area contributed by atoms with Crippen LogP contribution in [-0.2, 0) is 21.2 Å². The Kier molecular flexibility index (Phi) is 5.97. The second-order valence-corrected chi connectivity index (χ2v) is 9.54. The number of carbonyl (C=O) groups is 1. The number of carbonyl (C=O) groups excluding carboxylic acids is 1. The summed E-state index contributed by atoms with van der Waals surface area (Å²) < 4.78 is 37.8. The minimum atomic E-state index is -3.39. The van der Waals surface area contributed by atoms with Crippen LogP contribution in [0.5, 0.6) is 5.75 Å². The van der Waals surface area contributed by atoms with Gasteiger partial charge in [-0.3, -0.25) is 0 Å². The summed E-state index contributed by atoms with van der Waals surface area (Å²) in [6.45, 7) is 1.14. The fourth-order valence-corrected chi connectivity index (χ4v) is 4.99. The molecule has 0 saturated carbocycles. The summed E-state index contributed by atoms with van der Waals surface area (Å²) in [5.74, 6) is 0.789. The largest absolute Gasteiger partial charge is 0.493 e. The Labute approximate surface area is 177 Å². The van der Waals surface area contributed by atoms with Gasteiger partial charge in [-0.05, 0) is 30.0 Å². The number of rotatable bonds is 2. The number of nitrogens with one attached hydrogen (secondary N) is 1. The van der Waals surface area contributed by atoms with Gasteiger partial charge in [-0.15, -0.1) is 0 Å². The van der Waals surface area contributed by atoms with E-state index in [0.717, 1.165) is 28.7 Å². The molecule has 2 bridgehead atoms. The molecular weight excluding hydrogens is 404 g/mol. The van der Waals surface area contributed by atoms with Gasteiger partial charge in [0.25, 0.3) is 0 Å². The number of sulfonamides is 1. The monoisotopic (exact) mass is 430 g/mol. The smallest absolute Gasteiger partial charge is 0.410 e. The molecule has 160 valence electrons. The lowest BCUT2D eigenvalue weighted by Gasteiger charge is -2.28. The number of ether oxygens (including phenoxy) is 2. The van der Waals surface area contributed by atoms with E-state index < -0.39 is 16.1 Å². The molecule has 2 unspecified atom stereocenters. The molecule has 0 aromatic heterocycles. The lowest BCUT2D eigenvalue weighted by Crippen LogP contribution is -2.47. The molecule has 2 aromatic rings. The average Bonchev–Trinajstić information content (AvgIpc) is 3.08. The molecule has 2 heterocycles. The Morgan fingerprint density at radius 3 is 2.70 bits per heavy atom. The van der Waals surface area contributed by atoms with Gasteiger partial charge in [0.15, 0.2) is 0 Å². The molecule has 1 saturated heterocycles. The third kappa shape index (κ3) is 4.76. The van der Waals surface area contributed by atoms with E-state index >= 15 is 0 Å². The second kappa shape index (κ2) is 8.65. The van der Waals surface area contributed by atoms with Gasteiger partial charge in [0.05, 0.1) is 25.5 Å². The standard InChI is InChI=1S/C22H26N2O5S/c1-30(26,27)23-19-10-11-24-20(19)15-16-6-4-7-17(14-16)18-8-2-3-9-21(18)28-12-5-13-29-22(24)25/h2-4,6-9,14,19-20,23H,5,10-13,15H2,1H3. The molecule has 2 aromatic carbocycles. The number of nitrogens with zero attached hydrogens (tertiary/aromatic N) is 1. The van der Waals surface area contributed by atoms with Crippen LogP contribution in [0.25, 0.3) is 11.1 Å². The van der Waals surface area contributed by atoms with Gasteiger partial charge in [0.1, 0.15) is 5.75 Å². The summed E-state index contributed by atoms with van der Waals surface area (Å²) in [7, 11) is -3.39. The first-order chi connectivity index (χ1) is 14.4. The number of cyclic esters (lactones) is 1. The molecule has 0 spiro atoms. The van der Waals surface area contributed by atoms with Crippen molar-refractivity contribution in [2.75, 3.05) is 26.0 Å². The molecule has 7 nitrogen and oxygen atoms in total. The van der Waals surface area contributed by atoms with Crippen LogP contribution < -0.4 is 9.46 Å². The zero-order chi connectivity index (χ0) is 21.1. The van der Waals surface area contributed by atoms with Crippen LogP contribution in [-0.4, -0.2) is 57.5 Å². The van der Waals surface area contributed by atoms with E-state index in [9.17, 15) is 13.2 Å². The third-order valence-electron chi connectivity index (χ3n) is 5.49. The van der Waals surface area contributed by atoms with E-state index in [-0.39, 0.29) is 18.7 Å². The predicted molar refractivity (Wildman–Crippen MR) is 114 cm³/mol. The lowest BCUT2D eigenvalue weighted by atomic mass is 9.96. The van der Waals surface area contributed by atoms with Crippen LogP contribution in [0.4, 0.5) is 4.79 Å². The van der Waals surface area contributed by atoms with Crippen molar-refractivity contribution in [2.24, 2.45) is 0 Å². The SMILES string of the molecule is CS(=O)(=O)NC1CCN2C(=O)OCCCOc3ccccc3-c3cccc(c3)CC12. The summed E-state index contributed by atoms with van der Waals surface area (Å²) in [6.07, 6.45) is 2.39. The topological polar surface area (TPSA) is 84.9 Å². The van der Waals surface area contributed by atoms with E-state index in [1.165, 1.54) is 0 Å². The Balaban J connectivity index is 1.71. The molecular formula is C22H26N2O5S. The van der Waals surface area contributed by atoms with Crippen LogP contribution in [0.3, 0.4) is 0 Å². The fourth-order valence-electron chi connectivity index (χ4n) is 4.17. The average molecular weight is 431 g/mol. The molecule has 2 aliphatic rings. The first kappa shape index (κ1) is 20.7. The van der Waals surface area contributed by atoms with Gasteiger partial charge in [-0.2, -0.15) is 0 Å². The highest BCUT2D eigenvalue weighted by Crippen LogP contribution is 2.32. The van der Waals surface area contributed by atoms with Crippen molar-refractivity contribution in [1.82, 2.24) is 9.62 Å². The van der Waals surface area contributed by atoms with E-state index in [4.69, 9.17) is 9.47 Å². The molecule has 4 rings (SSSR count). The highest BCUT2D eigenvalue weighted by atomic mass is 32.2. The zero-order valence-electron chi connectivity index (χ0n) is 16.9. The first-order valence-corrected chi connectivity index (χ1v) is 12.0. The van der Waals surface area contributed by atoms with E-state index in [1.807, 2.05) is 42.5 Å². The van der Waals surface area contributed by atoms with Crippen molar-refractivity contribution in [3.63, 3.8) is 0 Å². The van der Waals surface area contributed by atoms with Gasteiger partial charge in [0.2, 0.25) is 10.0 Å². The number of para-hydroxylation sites is 1. The highest BCUT2D eigenvalue weighted by molar-refractivity contribution is 7.88. The summed E-state index contributed by atoms with van der Waals surface area (Å²) >= 11 is 0. The number of amides is 1. The number of hydrogen-bond donors (Lipinski definition) is 1. The number of hydrogen-bond acceptors (Lipinski definition) is 5. The maximum absolute atomic E-state index is 12.7. The van der Waals surface area contributed by atoms with Gasteiger partial charge in [0, 0.05) is 24.6 Å². The Morgan fingerprint density at radius 2 is 1.87 bits per heavy atom. The van der Waals surface area contributed by atoms with Crippen LogP contribution in [0.2, 0.25) is 0 Å². The molecule has 1 fully saturated rings. The predicted octanol–water partition coefficient (Wildman–Crippen LogP) is 2.81. The van der Waals surface area contributed by atoms with Gasteiger partial charge >= 0.3 is 6.09 Å². The summed E-state index contributed by atoms with van der Waals surface area (Å²) in [4.78, 5) is 14.3. The van der Waals surface area contributed by atoms with Crippen molar-refractivity contribution in [2.45, 2.75) is 31.3 Å². The molecule has 8 heteroatoms. The highest BCUT2D eigenvalue weighted by Gasteiger charge is 2.39. The van der Waals surface area contributed by atoms with E-state index in [0.29, 0.717) is 32.4 Å². The molecule has 1 amide bonds. The summed E-state index contributed by atoms with van der Waals surface area (Å²) in [5, 5.41) is 0.